The molecule has 166 valence electrons. The van der Waals surface area contributed by atoms with Crippen molar-refractivity contribution < 1.29 is 17.6 Å². The number of halogens is 3. The van der Waals surface area contributed by atoms with Gasteiger partial charge >= 0.3 is 6.18 Å². The van der Waals surface area contributed by atoms with E-state index in [2.05, 4.69) is 20.1 Å². The molecule has 4 heterocycles. The minimum absolute atomic E-state index is 0.0400. The quantitative estimate of drug-likeness (QED) is 0.670. The van der Waals surface area contributed by atoms with Crippen molar-refractivity contribution in [3.8, 4) is 0 Å². The molecule has 0 N–H and O–H groups in total. The van der Waals surface area contributed by atoms with Crippen molar-refractivity contribution in [2.45, 2.75) is 44.3 Å². The third-order valence-electron chi connectivity index (χ3n) is 7.00. The highest BCUT2D eigenvalue weighted by molar-refractivity contribution is 6.01. The predicted octanol–water partition coefficient (Wildman–Crippen LogP) is 3.69. The fourth-order valence-corrected chi connectivity index (χ4v) is 5.65. The third kappa shape index (κ3) is 3.13. The van der Waals surface area contributed by atoms with Crippen molar-refractivity contribution in [3.05, 3.63) is 47.2 Å². The summed E-state index contributed by atoms with van der Waals surface area (Å²) in [7, 11) is 2.03. The molecule has 0 radical (unpaired) electrons. The minimum atomic E-state index is -4.41. The first-order valence-electron chi connectivity index (χ1n) is 10.3. The highest BCUT2D eigenvalue weighted by Gasteiger charge is 2.56. The molecule has 6 unspecified atom stereocenters. The van der Waals surface area contributed by atoms with Crippen LogP contribution in [0.1, 0.15) is 31.6 Å². The molecule has 1 aromatic rings. The van der Waals surface area contributed by atoms with E-state index in [1.54, 1.807) is 28.5 Å². The van der Waals surface area contributed by atoms with E-state index >= 15 is 0 Å². The van der Waals surface area contributed by atoms with E-state index in [1.807, 2.05) is 7.05 Å². The maximum atomic E-state index is 13.4. The second kappa shape index (κ2) is 7.27. The maximum Gasteiger partial charge on any atom is 0.395 e. The van der Waals surface area contributed by atoms with Crippen LogP contribution in [0.2, 0.25) is 0 Å². The molecular weight excluding hydrogens is 413 g/mol. The molecule has 8 nitrogen and oxygen atoms in total. The Morgan fingerprint density at radius 3 is 2.81 bits per heavy atom. The number of oxazole rings is 1. The van der Waals surface area contributed by atoms with Crippen LogP contribution in [0, 0.1) is 22.7 Å². The lowest BCUT2D eigenvalue weighted by molar-refractivity contribution is -0.158. The topological polar surface area (TPSA) is 77.5 Å². The van der Waals surface area contributed by atoms with Crippen LogP contribution in [0.5, 0.6) is 0 Å². The molecule has 1 aromatic heterocycles. The molecule has 1 saturated carbocycles. The molecule has 11 heteroatoms. The number of hydrogen-bond acceptors (Lipinski definition) is 8. The van der Waals surface area contributed by atoms with Crippen LogP contribution in [-0.4, -0.2) is 57.8 Å². The molecule has 1 aliphatic carbocycles. The number of amidine groups is 1. The van der Waals surface area contributed by atoms with Crippen molar-refractivity contribution >= 4 is 5.84 Å². The molecule has 31 heavy (non-hydrogen) atoms. The van der Waals surface area contributed by atoms with Crippen molar-refractivity contribution in [2.24, 2.45) is 27.9 Å². The molecule has 2 bridgehead atoms. The minimum Gasteiger partial charge on any atom is -0.447 e. The number of alkyl halides is 3. The monoisotopic (exact) mass is 436 g/mol. The molecular formula is C20H23F3N6O2. The largest absolute Gasteiger partial charge is 0.447 e. The number of piperidine rings is 1. The predicted molar refractivity (Wildman–Crippen MR) is 105 cm³/mol. The summed E-state index contributed by atoms with van der Waals surface area (Å²) in [4.78, 5) is 22.4. The van der Waals surface area contributed by atoms with Crippen LogP contribution in [-0.2, 0) is 0 Å². The number of likely N-dealkylation sites (tertiary alicyclic amines) is 1. The Labute approximate surface area is 177 Å². The lowest BCUT2D eigenvalue weighted by atomic mass is 9.84. The van der Waals surface area contributed by atoms with Gasteiger partial charge in [-0.1, -0.05) is 6.08 Å². The third-order valence-corrected chi connectivity index (χ3v) is 7.00. The molecule has 6 atom stereocenters. The smallest absolute Gasteiger partial charge is 0.395 e. The van der Waals surface area contributed by atoms with Gasteiger partial charge in [-0.25, -0.2) is 9.98 Å². The van der Waals surface area contributed by atoms with E-state index in [0.717, 1.165) is 32.1 Å². The van der Waals surface area contributed by atoms with Gasteiger partial charge in [-0.2, -0.15) is 18.2 Å². The fraction of sp³-hybridized carbons (Fsp3) is 0.600. The molecule has 5 rings (SSSR count). The molecule has 4 aliphatic rings. The number of hydrazine groups is 1. The van der Waals surface area contributed by atoms with E-state index in [4.69, 9.17) is 4.42 Å². The Bertz CT molecular complexity index is 943. The molecule has 2 fully saturated rings. The Balaban J connectivity index is 1.50. The summed E-state index contributed by atoms with van der Waals surface area (Å²) in [6.45, 7) is 1.88. The number of aromatic nitrogens is 1. The van der Waals surface area contributed by atoms with E-state index < -0.39 is 18.4 Å². The standard InChI is InChI=1S/C20H23F3N6O2/c1-11(20(21,22)23)13-4-3-7-28-18(13)25-19(26-30)29(28)16-12-5-6-14(16)17(27(2)9-12)15-8-24-10-31-15/h3-4,7-8,10-12,14,16-17,19H,5-6,9H2,1-2H3. The fourth-order valence-electron chi connectivity index (χ4n) is 5.65. The highest BCUT2D eigenvalue weighted by atomic mass is 19.4. The van der Waals surface area contributed by atoms with Crippen LogP contribution in [0.4, 0.5) is 13.2 Å². The Morgan fingerprint density at radius 1 is 1.32 bits per heavy atom. The summed E-state index contributed by atoms with van der Waals surface area (Å²) in [5.41, 5.74) is 0.0400. The molecule has 0 amide bonds. The van der Waals surface area contributed by atoms with Crippen LogP contribution >= 0.6 is 0 Å². The SMILES string of the molecule is CC(C1=CC=CN2C1=NC(N=O)N2C1C2CCC1C(c1cnco1)N(C)C2)C(F)(F)F. The zero-order valence-electron chi connectivity index (χ0n) is 17.1. The highest BCUT2D eigenvalue weighted by Crippen LogP contribution is 2.51. The van der Waals surface area contributed by atoms with Crippen LogP contribution in [0.25, 0.3) is 0 Å². The number of fused-ring (bicyclic) bond motifs is 3. The summed E-state index contributed by atoms with van der Waals surface area (Å²) in [6.07, 6.45) is 4.09. The van der Waals surface area contributed by atoms with Gasteiger partial charge in [0.05, 0.1) is 18.2 Å². The number of aliphatic imine (C=N–C) groups is 1. The van der Waals surface area contributed by atoms with E-state index in [1.165, 1.54) is 12.5 Å². The van der Waals surface area contributed by atoms with Gasteiger partial charge in [0, 0.05) is 24.4 Å². The zero-order valence-corrected chi connectivity index (χ0v) is 17.1. The maximum absolute atomic E-state index is 13.4. The molecule has 0 aromatic carbocycles. The van der Waals surface area contributed by atoms with Crippen molar-refractivity contribution in [2.75, 3.05) is 13.6 Å². The Morgan fingerprint density at radius 2 is 2.13 bits per heavy atom. The average molecular weight is 436 g/mol. The van der Waals surface area contributed by atoms with Gasteiger partial charge in [-0.05, 0) is 49.9 Å². The molecule has 1 saturated heterocycles. The van der Waals surface area contributed by atoms with Crippen molar-refractivity contribution in [3.63, 3.8) is 0 Å². The first-order valence-corrected chi connectivity index (χ1v) is 10.3. The summed E-state index contributed by atoms with van der Waals surface area (Å²) < 4.78 is 45.9. The van der Waals surface area contributed by atoms with E-state index in [-0.39, 0.29) is 35.3 Å². The molecule has 0 spiro atoms. The lowest BCUT2D eigenvalue weighted by Gasteiger charge is -2.47. The summed E-state index contributed by atoms with van der Waals surface area (Å²) >= 11 is 0. The van der Waals surface area contributed by atoms with Crippen LogP contribution in [0.15, 0.2) is 51.1 Å². The summed E-state index contributed by atoms with van der Waals surface area (Å²) in [5, 5.41) is 6.55. The lowest BCUT2D eigenvalue weighted by Crippen LogP contribution is -2.58. The summed E-state index contributed by atoms with van der Waals surface area (Å²) in [6, 6.07) is -0.152. The summed E-state index contributed by atoms with van der Waals surface area (Å²) in [5.74, 6) is -0.489. The first-order chi connectivity index (χ1) is 14.8. The van der Waals surface area contributed by atoms with Gasteiger partial charge in [0.1, 0.15) is 11.6 Å². The van der Waals surface area contributed by atoms with Gasteiger partial charge in [-0.15, -0.1) is 4.91 Å². The van der Waals surface area contributed by atoms with Gasteiger partial charge in [-0.3, -0.25) is 9.91 Å². The van der Waals surface area contributed by atoms with Crippen molar-refractivity contribution in [1.29, 1.82) is 0 Å². The van der Waals surface area contributed by atoms with Gasteiger partial charge in [0.15, 0.2) is 6.39 Å². The zero-order chi connectivity index (χ0) is 21.9. The number of rotatable bonds is 4. The molecule has 3 aliphatic heterocycles. The second-order valence-corrected chi connectivity index (χ2v) is 8.64. The average Bonchev–Trinajstić information content (AvgIpc) is 3.44. The number of hydrogen-bond donors (Lipinski definition) is 0. The van der Waals surface area contributed by atoms with Gasteiger partial charge in [0.2, 0.25) is 0 Å². The number of allylic oxidation sites excluding steroid dienone is 2. The Kier molecular flexibility index (Phi) is 4.78. The number of nitroso groups, excluding NO2 is 1. The van der Waals surface area contributed by atoms with E-state index in [9.17, 15) is 18.1 Å². The van der Waals surface area contributed by atoms with Crippen LogP contribution in [0.3, 0.4) is 0 Å². The second-order valence-electron chi connectivity index (χ2n) is 8.64. The number of nitrogens with zero attached hydrogens (tertiary/aromatic N) is 6. The first kappa shape index (κ1) is 20.4. The van der Waals surface area contributed by atoms with Gasteiger partial charge in [0.25, 0.3) is 6.29 Å². The Hall–Kier alpha value is -2.53. The van der Waals surface area contributed by atoms with Gasteiger partial charge < -0.3 is 4.42 Å². The van der Waals surface area contributed by atoms with Crippen LogP contribution < -0.4 is 0 Å². The van der Waals surface area contributed by atoms with E-state index in [0.29, 0.717) is 0 Å². The normalized spacial score (nSPS) is 34.5. The van der Waals surface area contributed by atoms with Crippen molar-refractivity contribution in [1.82, 2.24) is 19.9 Å².